The summed E-state index contributed by atoms with van der Waals surface area (Å²) in [4.78, 5) is 23.7. The highest BCUT2D eigenvalue weighted by Crippen LogP contribution is 2.06. The van der Waals surface area contributed by atoms with E-state index in [1.165, 1.54) is 0 Å². The van der Waals surface area contributed by atoms with Gasteiger partial charge in [0.25, 0.3) is 0 Å². The van der Waals surface area contributed by atoms with Crippen molar-refractivity contribution in [2.45, 2.75) is 12.6 Å². The fourth-order valence-corrected chi connectivity index (χ4v) is 1.85. The Kier molecular flexibility index (Phi) is 6.14. The van der Waals surface area contributed by atoms with Crippen LogP contribution in [0.2, 0.25) is 0 Å². The molecule has 2 aromatic rings. The van der Waals surface area contributed by atoms with Crippen LogP contribution in [0.15, 0.2) is 60.7 Å². The molecule has 23 heavy (non-hydrogen) atoms. The van der Waals surface area contributed by atoms with Crippen molar-refractivity contribution in [3.8, 4) is 0 Å². The smallest absolute Gasteiger partial charge is 0.408 e. The van der Waals surface area contributed by atoms with E-state index in [-0.39, 0.29) is 6.61 Å². The Morgan fingerprint density at radius 1 is 1.00 bits per heavy atom. The van der Waals surface area contributed by atoms with Crippen LogP contribution in [-0.2, 0) is 16.1 Å². The second-order valence-corrected chi connectivity index (χ2v) is 4.80. The van der Waals surface area contributed by atoms with Gasteiger partial charge in [0.15, 0.2) is 0 Å². The molecule has 2 rings (SSSR count). The van der Waals surface area contributed by atoms with Gasteiger partial charge in [0.2, 0.25) is 5.91 Å². The van der Waals surface area contributed by atoms with Crippen LogP contribution in [0.3, 0.4) is 0 Å². The highest BCUT2D eigenvalue weighted by molar-refractivity contribution is 5.96. The lowest BCUT2D eigenvalue weighted by molar-refractivity contribution is -0.118. The molecule has 0 saturated heterocycles. The SMILES string of the molecule is O=C(N[C@@H](CO)C(=O)Nc1ccccc1)OCc1ccccc1. The lowest BCUT2D eigenvalue weighted by atomic mass is 10.2. The van der Waals surface area contributed by atoms with Gasteiger partial charge in [-0.3, -0.25) is 4.79 Å². The molecular weight excluding hydrogens is 296 g/mol. The number of carbonyl (C=O) groups is 2. The molecule has 0 aliphatic rings. The van der Waals surface area contributed by atoms with E-state index in [1.807, 2.05) is 36.4 Å². The molecule has 2 amide bonds. The van der Waals surface area contributed by atoms with E-state index in [9.17, 15) is 14.7 Å². The van der Waals surface area contributed by atoms with E-state index < -0.39 is 24.6 Å². The van der Waals surface area contributed by atoms with Crippen molar-refractivity contribution in [1.29, 1.82) is 0 Å². The maximum absolute atomic E-state index is 12.0. The Morgan fingerprint density at radius 3 is 2.22 bits per heavy atom. The van der Waals surface area contributed by atoms with Crippen LogP contribution in [0.1, 0.15) is 5.56 Å². The first kappa shape index (κ1) is 16.5. The van der Waals surface area contributed by atoms with Crippen LogP contribution >= 0.6 is 0 Å². The Bertz CT molecular complexity index is 632. The maximum atomic E-state index is 12.0. The molecule has 0 bridgehead atoms. The number of para-hydroxylation sites is 1. The van der Waals surface area contributed by atoms with Crippen molar-refractivity contribution < 1.29 is 19.4 Å². The molecule has 6 heteroatoms. The van der Waals surface area contributed by atoms with Crippen molar-refractivity contribution in [3.63, 3.8) is 0 Å². The van der Waals surface area contributed by atoms with Crippen molar-refractivity contribution in [1.82, 2.24) is 5.32 Å². The average Bonchev–Trinajstić information content (AvgIpc) is 2.59. The summed E-state index contributed by atoms with van der Waals surface area (Å²) < 4.78 is 5.02. The third-order valence-corrected chi connectivity index (χ3v) is 3.05. The quantitative estimate of drug-likeness (QED) is 0.760. The van der Waals surface area contributed by atoms with Gasteiger partial charge in [-0.15, -0.1) is 0 Å². The van der Waals surface area contributed by atoms with Gasteiger partial charge < -0.3 is 20.5 Å². The molecule has 0 saturated carbocycles. The third-order valence-electron chi connectivity index (χ3n) is 3.05. The van der Waals surface area contributed by atoms with Crippen molar-refractivity contribution in [3.05, 3.63) is 66.2 Å². The van der Waals surface area contributed by atoms with Gasteiger partial charge in [0, 0.05) is 5.69 Å². The zero-order valence-electron chi connectivity index (χ0n) is 12.4. The molecular formula is C17H18N2O4. The number of aliphatic hydroxyl groups is 1. The number of anilines is 1. The minimum atomic E-state index is -1.08. The minimum Gasteiger partial charge on any atom is -0.445 e. The maximum Gasteiger partial charge on any atom is 0.408 e. The number of rotatable bonds is 6. The van der Waals surface area contributed by atoms with Crippen LogP contribution < -0.4 is 10.6 Å². The fraction of sp³-hybridized carbons (Fsp3) is 0.176. The summed E-state index contributed by atoms with van der Waals surface area (Å²) in [6.07, 6.45) is -0.767. The standard InChI is InChI=1S/C17H18N2O4/c20-11-15(16(21)18-14-9-5-2-6-10-14)19-17(22)23-12-13-7-3-1-4-8-13/h1-10,15,20H,11-12H2,(H,18,21)(H,19,22)/t15-/m0/s1. The Labute approximate surface area is 134 Å². The lowest BCUT2D eigenvalue weighted by Crippen LogP contribution is -2.46. The summed E-state index contributed by atoms with van der Waals surface area (Å²) in [5, 5.41) is 14.2. The van der Waals surface area contributed by atoms with Gasteiger partial charge in [-0.1, -0.05) is 48.5 Å². The first-order chi connectivity index (χ1) is 11.2. The first-order valence-electron chi connectivity index (χ1n) is 7.13. The molecule has 0 aromatic heterocycles. The summed E-state index contributed by atoms with van der Waals surface area (Å²) in [6, 6.07) is 16.9. The van der Waals surface area contributed by atoms with Gasteiger partial charge in [-0.05, 0) is 17.7 Å². The van der Waals surface area contributed by atoms with Gasteiger partial charge in [-0.25, -0.2) is 4.79 Å². The normalized spacial score (nSPS) is 11.3. The number of amides is 2. The van der Waals surface area contributed by atoms with Gasteiger partial charge >= 0.3 is 6.09 Å². The van der Waals surface area contributed by atoms with Crippen LogP contribution in [0, 0.1) is 0 Å². The molecule has 1 atom stereocenters. The molecule has 0 unspecified atom stereocenters. The summed E-state index contributed by atoms with van der Waals surface area (Å²) in [7, 11) is 0. The molecule has 0 aliphatic carbocycles. The molecule has 0 aliphatic heterocycles. The highest BCUT2D eigenvalue weighted by atomic mass is 16.5. The molecule has 120 valence electrons. The molecule has 0 heterocycles. The minimum absolute atomic E-state index is 0.0884. The molecule has 3 N–H and O–H groups in total. The third kappa shape index (κ3) is 5.44. The van der Waals surface area contributed by atoms with Crippen LogP contribution in [-0.4, -0.2) is 29.8 Å². The van der Waals surface area contributed by atoms with E-state index in [1.54, 1.807) is 24.3 Å². The van der Waals surface area contributed by atoms with Crippen molar-refractivity contribution >= 4 is 17.7 Å². The molecule has 0 spiro atoms. The zero-order valence-corrected chi connectivity index (χ0v) is 12.4. The summed E-state index contributed by atoms with van der Waals surface area (Å²) >= 11 is 0. The van der Waals surface area contributed by atoms with E-state index in [4.69, 9.17) is 4.74 Å². The molecule has 0 radical (unpaired) electrons. The van der Waals surface area contributed by atoms with Crippen LogP contribution in [0.4, 0.5) is 10.5 Å². The molecule has 0 fully saturated rings. The van der Waals surface area contributed by atoms with Crippen LogP contribution in [0.5, 0.6) is 0 Å². The number of hydrogen-bond acceptors (Lipinski definition) is 4. The van der Waals surface area contributed by atoms with E-state index in [0.717, 1.165) is 5.56 Å². The Morgan fingerprint density at radius 2 is 1.61 bits per heavy atom. The van der Waals surface area contributed by atoms with Gasteiger partial charge in [-0.2, -0.15) is 0 Å². The highest BCUT2D eigenvalue weighted by Gasteiger charge is 2.20. The predicted octanol–water partition coefficient (Wildman–Crippen LogP) is 1.91. The molecule has 2 aromatic carbocycles. The number of aliphatic hydroxyl groups excluding tert-OH is 1. The number of ether oxygens (including phenoxy) is 1. The van der Waals surface area contributed by atoms with Crippen LogP contribution in [0.25, 0.3) is 0 Å². The van der Waals surface area contributed by atoms with Crippen molar-refractivity contribution in [2.24, 2.45) is 0 Å². The zero-order chi connectivity index (χ0) is 16.5. The largest absolute Gasteiger partial charge is 0.445 e. The second-order valence-electron chi connectivity index (χ2n) is 4.80. The van der Waals surface area contributed by atoms with E-state index in [0.29, 0.717) is 5.69 Å². The van der Waals surface area contributed by atoms with Crippen molar-refractivity contribution in [2.75, 3.05) is 11.9 Å². The fourth-order valence-electron chi connectivity index (χ4n) is 1.85. The number of nitrogens with one attached hydrogen (secondary N) is 2. The topological polar surface area (TPSA) is 87.7 Å². The lowest BCUT2D eigenvalue weighted by Gasteiger charge is -2.16. The predicted molar refractivity (Wildman–Crippen MR) is 85.7 cm³/mol. The number of alkyl carbamates (subject to hydrolysis) is 1. The number of benzene rings is 2. The number of carbonyl (C=O) groups excluding carboxylic acids is 2. The van der Waals surface area contributed by atoms with Gasteiger partial charge in [0.05, 0.1) is 6.61 Å². The number of hydrogen-bond donors (Lipinski definition) is 3. The summed E-state index contributed by atoms with van der Waals surface area (Å²) in [5.74, 6) is -0.518. The Hall–Kier alpha value is -2.86. The van der Waals surface area contributed by atoms with E-state index in [2.05, 4.69) is 10.6 Å². The summed E-state index contributed by atoms with van der Waals surface area (Å²) in [5.41, 5.74) is 1.41. The molecule has 6 nitrogen and oxygen atoms in total. The van der Waals surface area contributed by atoms with Gasteiger partial charge in [0.1, 0.15) is 12.6 Å². The second kappa shape index (κ2) is 8.55. The average molecular weight is 314 g/mol. The van der Waals surface area contributed by atoms with E-state index >= 15 is 0 Å². The monoisotopic (exact) mass is 314 g/mol. The Balaban J connectivity index is 1.83. The summed E-state index contributed by atoms with van der Waals surface area (Å²) in [6.45, 7) is -0.440. The first-order valence-corrected chi connectivity index (χ1v) is 7.13.